The third-order valence-corrected chi connectivity index (χ3v) is 2.00. The molecule has 0 aliphatic heterocycles. The zero-order valence-corrected chi connectivity index (χ0v) is 9.07. The topological polar surface area (TPSA) is 55.8 Å². The molecule has 0 spiro atoms. The molecule has 0 bridgehead atoms. The summed E-state index contributed by atoms with van der Waals surface area (Å²) in [7, 11) is 1.12. The predicted molar refractivity (Wildman–Crippen MR) is 54.5 cm³/mol. The third-order valence-electron chi connectivity index (χ3n) is 2.00. The van der Waals surface area contributed by atoms with Crippen molar-refractivity contribution >= 4 is 5.97 Å². The van der Waals surface area contributed by atoms with Crippen molar-refractivity contribution in [1.29, 1.82) is 0 Å². The summed E-state index contributed by atoms with van der Waals surface area (Å²) in [4.78, 5) is 11.0. The van der Waals surface area contributed by atoms with E-state index in [0.717, 1.165) is 13.2 Å². The zero-order valence-electron chi connectivity index (χ0n) is 9.07. The molecule has 0 fully saturated rings. The molecule has 1 N–H and O–H groups in total. The number of benzene rings is 1. The smallest absolute Gasteiger partial charge is 0.339 e. The first-order valence-electron chi connectivity index (χ1n) is 4.78. The van der Waals surface area contributed by atoms with Gasteiger partial charge in [0.25, 0.3) is 0 Å². The van der Waals surface area contributed by atoms with Crippen molar-refractivity contribution in [2.75, 3.05) is 13.7 Å². The first-order chi connectivity index (χ1) is 7.60. The van der Waals surface area contributed by atoms with Gasteiger partial charge < -0.3 is 14.6 Å². The Hall–Kier alpha value is -1.62. The Kier molecular flexibility index (Phi) is 4.25. The summed E-state index contributed by atoms with van der Waals surface area (Å²) < 4.78 is 22.9. The van der Waals surface area contributed by atoms with Crippen molar-refractivity contribution in [2.24, 2.45) is 0 Å². The van der Waals surface area contributed by atoms with Gasteiger partial charge in [-0.05, 0) is 19.1 Å². The molecule has 0 heterocycles. The number of halogens is 1. The van der Waals surface area contributed by atoms with Gasteiger partial charge in [-0.25, -0.2) is 9.18 Å². The average molecular weight is 228 g/mol. The molecule has 1 rings (SSSR count). The van der Waals surface area contributed by atoms with Crippen LogP contribution in [0.2, 0.25) is 0 Å². The molecule has 1 aromatic rings. The quantitative estimate of drug-likeness (QED) is 0.792. The van der Waals surface area contributed by atoms with E-state index in [0.29, 0.717) is 12.4 Å². The Bertz CT molecular complexity index is 378. The number of esters is 1. The summed E-state index contributed by atoms with van der Waals surface area (Å²) in [6, 6.07) is 3.89. The van der Waals surface area contributed by atoms with Crippen molar-refractivity contribution < 1.29 is 23.8 Å². The lowest BCUT2D eigenvalue weighted by molar-refractivity contribution is -0.150. The molecule has 0 aromatic heterocycles. The second-order valence-corrected chi connectivity index (χ2v) is 3.04. The Balaban J connectivity index is 2.94. The monoisotopic (exact) mass is 228 g/mol. The number of methoxy groups -OCH3 is 1. The van der Waals surface area contributed by atoms with Gasteiger partial charge >= 0.3 is 5.97 Å². The van der Waals surface area contributed by atoms with Gasteiger partial charge in [0, 0.05) is 11.6 Å². The van der Waals surface area contributed by atoms with Crippen LogP contribution in [0.4, 0.5) is 4.39 Å². The van der Waals surface area contributed by atoms with Gasteiger partial charge in [-0.15, -0.1) is 0 Å². The minimum Gasteiger partial charge on any atom is -0.494 e. The van der Waals surface area contributed by atoms with E-state index < -0.39 is 17.9 Å². The second kappa shape index (κ2) is 5.46. The van der Waals surface area contributed by atoms with Gasteiger partial charge in [0.2, 0.25) is 0 Å². The van der Waals surface area contributed by atoms with E-state index in [2.05, 4.69) is 4.74 Å². The molecular formula is C11H13FO4. The standard InChI is InChI=1S/C11H13FO4/c1-3-16-7-4-5-8(9(12)6-7)10(13)11(14)15-2/h4-6,10,13H,3H2,1-2H3. The lowest BCUT2D eigenvalue weighted by Gasteiger charge is -2.10. The zero-order chi connectivity index (χ0) is 12.1. The van der Waals surface area contributed by atoms with E-state index in [1.807, 2.05) is 0 Å². The van der Waals surface area contributed by atoms with Crippen LogP contribution in [0.25, 0.3) is 0 Å². The number of aliphatic hydroxyl groups is 1. The maximum atomic E-state index is 13.5. The first kappa shape index (κ1) is 12.4. The van der Waals surface area contributed by atoms with Gasteiger partial charge in [0.1, 0.15) is 11.6 Å². The maximum Gasteiger partial charge on any atom is 0.339 e. The SMILES string of the molecule is CCOc1ccc(C(O)C(=O)OC)c(F)c1. The van der Waals surface area contributed by atoms with Gasteiger partial charge in [-0.2, -0.15) is 0 Å². The van der Waals surface area contributed by atoms with Gasteiger partial charge in [-0.3, -0.25) is 0 Å². The summed E-state index contributed by atoms with van der Waals surface area (Å²) >= 11 is 0. The third kappa shape index (κ3) is 2.70. The molecule has 88 valence electrons. The number of carbonyl (C=O) groups is 1. The molecular weight excluding hydrogens is 215 g/mol. The molecule has 0 saturated heterocycles. The Morgan fingerprint density at radius 3 is 2.75 bits per heavy atom. The molecule has 0 saturated carbocycles. The van der Waals surface area contributed by atoms with E-state index >= 15 is 0 Å². The number of hydrogen-bond acceptors (Lipinski definition) is 4. The fourth-order valence-electron chi connectivity index (χ4n) is 1.22. The number of rotatable bonds is 4. The molecule has 5 heteroatoms. The van der Waals surface area contributed by atoms with E-state index in [9.17, 15) is 14.3 Å². The van der Waals surface area contributed by atoms with Gasteiger partial charge in [0.05, 0.1) is 13.7 Å². The van der Waals surface area contributed by atoms with Gasteiger partial charge in [-0.1, -0.05) is 0 Å². The van der Waals surface area contributed by atoms with Crippen molar-refractivity contribution in [2.45, 2.75) is 13.0 Å². The highest BCUT2D eigenvalue weighted by Crippen LogP contribution is 2.22. The van der Waals surface area contributed by atoms with Crippen molar-refractivity contribution in [3.8, 4) is 5.75 Å². The van der Waals surface area contributed by atoms with Crippen LogP contribution in [0.5, 0.6) is 5.75 Å². The maximum absolute atomic E-state index is 13.5. The normalized spacial score (nSPS) is 12.0. The lowest BCUT2D eigenvalue weighted by Crippen LogP contribution is -2.14. The fourth-order valence-corrected chi connectivity index (χ4v) is 1.22. The summed E-state index contributed by atoms with van der Waals surface area (Å²) in [6.07, 6.45) is -1.61. The number of ether oxygens (including phenoxy) is 2. The summed E-state index contributed by atoms with van der Waals surface area (Å²) in [5, 5.41) is 9.44. The summed E-state index contributed by atoms with van der Waals surface area (Å²) in [5.41, 5.74) is -0.129. The van der Waals surface area contributed by atoms with E-state index in [1.54, 1.807) is 6.92 Å². The lowest BCUT2D eigenvalue weighted by atomic mass is 10.1. The fraction of sp³-hybridized carbons (Fsp3) is 0.364. The Labute approximate surface area is 92.6 Å². The van der Waals surface area contributed by atoms with Crippen LogP contribution in [-0.4, -0.2) is 24.8 Å². The number of hydrogen-bond donors (Lipinski definition) is 1. The highest BCUT2D eigenvalue weighted by atomic mass is 19.1. The average Bonchev–Trinajstić information content (AvgIpc) is 2.28. The van der Waals surface area contributed by atoms with Gasteiger partial charge in [0.15, 0.2) is 6.10 Å². The molecule has 0 aliphatic carbocycles. The van der Waals surface area contributed by atoms with Crippen molar-refractivity contribution in [1.82, 2.24) is 0 Å². The van der Waals surface area contributed by atoms with Crippen LogP contribution < -0.4 is 4.74 Å². The van der Waals surface area contributed by atoms with Crippen LogP contribution in [0.15, 0.2) is 18.2 Å². The summed E-state index contributed by atoms with van der Waals surface area (Å²) in [6.45, 7) is 2.19. The van der Waals surface area contributed by atoms with E-state index in [-0.39, 0.29) is 5.56 Å². The van der Waals surface area contributed by atoms with Crippen LogP contribution in [0, 0.1) is 5.82 Å². The number of carbonyl (C=O) groups excluding carboxylic acids is 1. The molecule has 4 nitrogen and oxygen atoms in total. The molecule has 1 unspecified atom stereocenters. The molecule has 1 aromatic carbocycles. The summed E-state index contributed by atoms with van der Waals surface area (Å²) in [5.74, 6) is -1.26. The second-order valence-electron chi connectivity index (χ2n) is 3.04. The van der Waals surface area contributed by atoms with Crippen LogP contribution >= 0.6 is 0 Å². The minimum absolute atomic E-state index is 0.129. The molecule has 1 atom stereocenters. The molecule has 0 aliphatic rings. The predicted octanol–water partition coefficient (Wildman–Crippen LogP) is 1.43. The van der Waals surface area contributed by atoms with Crippen molar-refractivity contribution in [3.05, 3.63) is 29.6 Å². The number of aliphatic hydroxyl groups excluding tert-OH is 1. The highest BCUT2D eigenvalue weighted by molar-refractivity contribution is 5.76. The van der Waals surface area contributed by atoms with Crippen LogP contribution in [-0.2, 0) is 9.53 Å². The highest BCUT2D eigenvalue weighted by Gasteiger charge is 2.21. The molecule has 0 radical (unpaired) electrons. The van der Waals surface area contributed by atoms with E-state index in [4.69, 9.17) is 4.74 Å². The first-order valence-corrected chi connectivity index (χ1v) is 4.78. The van der Waals surface area contributed by atoms with Crippen molar-refractivity contribution in [3.63, 3.8) is 0 Å². The largest absolute Gasteiger partial charge is 0.494 e. The Morgan fingerprint density at radius 1 is 1.56 bits per heavy atom. The Morgan fingerprint density at radius 2 is 2.25 bits per heavy atom. The molecule has 0 amide bonds. The van der Waals surface area contributed by atoms with Crippen LogP contribution in [0.1, 0.15) is 18.6 Å². The van der Waals surface area contributed by atoms with Crippen LogP contribution in [0.3, 0.4) is 0 Å². The molecule has 16 heavy (non-hydrogen) atoms. The minimum atomic E-state index is -1.61. The van der Waals surface area contributed by atoms with E-state index in [1.165, 1.54) is 12.1 Å².